The summed E-state index contributed by atoms with van der Waals surface area (Å²) in [5, 5.41) is 6.26. The molecule has 3 rings (SSSR count). The van der Waals surface area contributed by atoms with E-state index in [0.717, 1.165) is 24.1 Å². The first-order valence-corrected chi connectivity index (χ1v) is 8.39. The molecule has 22 heavy (non-hydrogen) atoms. The topological polar surface area (TPSA) is 95.2 Å². The molecule has 0 bridgehead atoms. The zero-order valence-corrected chi connectivity index (χ0v) is 12.9. The highest BCUT2D eigenvalue weighted by Crippen LogP contribution is 2.29. The number of hydrogen-bond acceptors (Lipinski definition) is 4. The van der Waals surface area contributed by atoms with E-state index in [1.165, 1.54) is 25.3 Å². The molecular weight excluding hydrogens is 304 g/mol. The van der Waals surface area contributed by atoms with Crippen molar-refractivity contribution in [3.05, 3.63) is 36.0 Å². The molecule has 1 aliphatic rings. The maximum atomic E-state index is 12.4. The minimum absolute atomic E-state index is 0.0351. The van der Waals surface area contributed by atoms with Gasteiger partial charge in [0.05, 0.1) is 11.1 Å². The first-order chi connectivity index (χ1) is 10.5. The number of hydrogen-bond donors (Lipinski definition) is 2. The van der Waals surface area contributed by atoms with E-state index in [0.29, 0.717) is 12.4 Å². The molecule has 0 radical (unpaired) electrons. The molecule has 1 aromatic heterocycles. The fourth-order valence-corrected chi connectivity index (χ4v) is 3.65. The summed E-state index contributed by atoms with van der Waals surface area (Å²) in [6.45, 7) is 2.18. The molecule has 1 aromatic carbocycles. The summed E-state index contributed by atoms with van der Waals surface area (Å²) >= 11 is 0. The van der Waals surface area contributed by atoms with Gasteiger partial charge in [0.15, 0.2) is 0 Å². The van der Waals surface area contributed by atoms with Crippen LogP contribution in [0.4, 0.5) is 11.5 Å². The van der Waals surface area contributed by atoms with Crippen molar-refractivity contribution in [3.8, 4) is 0 Å². The summed E-state index contributed by atoms with van der Waals surface area (Å²) < 4.78 is 27.2. The van der Waals surface area contributed by atoms with Crippen LogP contribution in [0.5, 0.6) is 0 Å². The van der Waals surface area contributed by atoms with E-state index in [-0.39, 0.29) is 10.8 Å². The molecule has 1 aliphatic heterocycles. The highest BCUT2D eigenvalue weighted by Gasteiger charge is 2.23. The van der Waals surface area contributed by atoms with Crippen LogP contribution in [0.25, 0.3) is 0 Å². The molecule has 8 heteroatoms. The third kappa shape index (κ3) is 2.69. The van der Waals surface area contributed by atoms with Crippen LogP contribution in [0.15, 0.2) is 35.4 Å². The number of carbonyl (C=O) groups is 1. The Balaban J connectivity index is 1.95. The molecule has 7 nitrogen and oxygen atoms in total. The number of fused-ring (bicyclic) bond motifs is 1. The van der Waals surface area contributed by atoms with Crippen molar-refractivity contribution in [1.82, 2.24) is 10.2 Å². The number of amides is 1. The fourth-order valence-electron chi connectivity index (χ4n) is 2.58. The zero-order valence-electron chi connectivity index (χ0n) is 12.0. The number of rotatable bonds is 3. The third-order valence-electron chi connectivity index (χ3n) is 3.61. The maximum Gasteiger partial charge on any atom is 0.263 e. The van der Waals surface area contributed by atoms with E-state index in [9.17, 15) is 13.2 Å². The first-order valence-electron chi connectivity index (χ1n) is 6.90. The van der Waals surface area contributed by atoms with Gasteiger partial charge in [0.2, 0.25) is 5.91 Å². The van der Waals surface area contributed by atoms with Crippen LogP contribution in [0.2, 0.25) is 0 Å². The summed E-state index contributed by atoms with van der Waals surface area (Å²) in [7, 11) is -3.68. The Kier molecular flexibility index (Phi) is 3.61. The molecule has 116 valence electrons. The maximum absolute atomic E-state index is 12.4. The summed E-state index contributed by atoms with van der Waals surface area (Å²) in [6, 6.07) is 6.37. The molecule has 2 heterocycles. The van der Waals surface area contributed by atoms with Gasteiger partial charge in [0, 0.05) is 25.2 Å². The Hall–Kier alpha value is -2.35. The quantitative estimate of drug-likeness (QED) is 0.896. The van der Waals surface area contributed by atoms with Gasteiger partial charge in [-0.05, 0) is 36.6 Å². The summed E-state index contributed by atoms with van der Waals surface area (Å²) in [5.74, 6) is 0.273. The van der Waals surface area contributed by atoms with E-state index >= 15 is 0 Å². The lowest BCUT2D eigenvalue weighted by Crippen LogP contribution is -2.33. The Labute approximate surface area is 128 Å². The van der Waals surface area contributed by atoms with Crippen molar-refractivity contribution in [2.24, 2.45) is 0 Å². The molecule has 0 saturated heterocycles. The van der Waals surface area contributed by atoms with Crippen molar-refractivity contribution in [3.63, 3.8) is 0 Å². The lowest BCUT2D eigenvalue weighted by Gasteiger charge is -2.28. The lowest BCUT2D eigenvalue weighted by molar-refractivity contribution is -0.116. The molecule has 0 unspecified atom stereocenters. The fraction of sp³-hybridized carbons (Fsp3) is 0.286. The van der Waals surface area contributed by atoms with Gasteiger partial charge in [0.1, 0.15) is 5.82 Å². The van der Waals surface area contributed by atoms with Crippen LogP contribution in [0.1, 0.15) is 18.9 Å². The number of H-pyrrole nitrogens is 1. The number of sulfonamides is 1. The molecule has 2 aromatic rings. The molecule has 0 atom stereocenters. The van der Waals surface area contributed by atoms with Crippen LogP contribution < -0.4 is 9.62 Å². The molecule has 0 fully saturated rings. The second-order valence-corrected chi connectivity index (χ2v) is 6.82. The number of carbonyl (C=O) groups excluding carboxylic acids is 1. The Bertz CT molecular complexity index is 800. The average Bonchev–Trinajstić information content (AvgIpc) is 2.98. The van der Waals surface area contributed by atoms with Gasteiger partial charge in [-0.25, -0.2) is 8.42 Å². The Morgan fingerprint density at radius 2 is 2.18 bits per heavy atom. The van der Waals surface area contributed by atoms with Gasteiger partial charge in [-0.3, -0.25) is 14.6 Å². The van der Waals surface area contributed by atoms with Gasteiger partial charge in [-0.15, -0.1) is 0 Å². The van der Waals surface area contributed by atoms with Crippen LogP contribution in [-0.2, 0) is 21.2 Å². The molecule has 1 amide bonds. The van der Waals surface area contributed by atoms with E-state index < -0.39 is 10.0 Å². The van der Waals surface area contributed by atoms with Gasteiger partial charge in [-0.1, -0.05) is 0 Å². The van der Waals surface area contributed by atoms with Crippen LogP contribution >= 0.6 is 0 Å². The molecule has 0 aliphatic carbocycles. The second kappa shape index (κ2) is 5.45. The van der Waals surface area contributed by atoms with Crippen molar-refractivity contribution in [2.75, 3.05) is 16.2 Å². The van der Waals surface area contributed by atoms with Crippen molar-refractivity contribution in [2.45, 2.75) is 24.7 Å². The number of nitrogens with zero attached hydrogens (tertiary/aromatic N) is 2. The largest absolute Gasteiger partial charge is 0.312 e. The molecule has 0 saturated carbocycles. The number of aromatic amines is 1. The Morgan fingerprint density at radius 1 is 1.36 bits per heavy atom. The highest BCUT2D eigenvalue weighted by atomic mass is 32.2. The van der Waals surface area contributed by atoms with E-state index in [4.69, 9.17) is 0 Å². The number of nitrogens with one attached hydrogen (secondary N) is 2. The van der Waals surface area contributed by atoms with E-state index in [1.807, 2.05) is 0 Å². The minimum Gasteiger partial charge on any atom is -0.312 e. The summed E-state index contributed by atoms with van der Waals surface area (Å²) in [4.78, 5) is 13.5. The Morgan fingerprint density at radius 3 is 2.86 bits per heavy atom. The van der Waals surface area contributed by atoms with Crippen molar-refractivity contribution < 1.29 is 13.2 Å². The van der Waals surface area contributed by atoms with Gasteiger partial charge >= 0.3 is 0 Å². The third-order valence-corrected chi connectivity index (χ3v) is 4.97. The van der Waals surface area contributed by atoms with Gasteiger partial charge in [-0.2, -0.15) is 5.10 Å². The normalized spacial score (nSPS) is 14.5. The lowest BCUT2D eigenvalue weighted by atomic mass is 10.0. The number of anilines is 2. The smallest absolute Gasteiger partial charge is 0.263 e. The van der Waals surface area contributed by atoms with Gasteiger partial charge < -0.3 is 4.90 Å². The van der Waals surface area contributed by atoms with E-state index in [1.54, 1.807) is 17.0 Å². The molecule has 0 spiro atoms. The molecule has 2 N–H and O–H groups in total. The first kappa shape index (κ1) is 14.6. The number of aryl methyl sites for hydroxylation is 1. The van der Waals surface area contributed by atoms with Crippen molar-refractivity contribution >= 4 is 27.4 Å². The predicted octanol–water partition coefficient (Wildman–Crippen LogP) is 1.51. The standard InChI is InChI=1S/C14H16N4O3S/c1-10(19)18-8-2-3-11-9-12(4-5-13(11)18)22(20,21)17-14-6-7-15-16-14/h4-7,9H,2-3,8H2,1H3,(H2,15,16,17). The second-order valence-electron chi connectivity index (χ2n) is 5.14. The van der Waals surface area contributed by atoms with Crippen LogP contribution in [0.3, 0.4) is 0 Å². The SMILES string of the molecule is CC(=O)N1CCCc2cc(S(=O)(=O)Nc3ccn[nH]3)ccc21. The number of aromatic nitrogens is 2. The average molecular weight is 320 g/mol. The highest BCUT2D eigenvalue weighted by molar-refractivity contribution is 7.92. The predicted molar refractivity (Wildman–Crippen MR) is 82.2 cm³/mol. The van der Waals surface area contributed by atoms with Gasteiger partial charge in [0.25, 0.3) is 10.0 Å². The summed E-state index contributed by atoms with van der Waals surface area (Å²) in [6.07, 6.45) is 3.05. The summed E-state index contributed by atoms with van der Waals surface area (Å²) in [5.41, 5.74) is 1.66. The zero-order chi connectivity index (χ0) is 15.7. The van der Waals surface area contributed by atoms with Crippen LogP contribution in [-0.4, -0.2) is 31.1 Å². The monoisotopic (exact) mass is 320 g/mol. The number of benzene rings is 1. The van der Waals surface area contributed by atoms with E-state index in [2.05, 4.69) is 14.9 Å². The van der Waals surface area contributed by atoms with Crippen molar-refractivity contribution in [1.29, 1.82) is 0 Å². The molecular formula is C14H16N4O3S. The van der Waals surface area contributed by atoms with Crippen LogP contribution in [0, 0.1) is 0 Å². The minimum atomic E-state index is -3.68.